The van der Waals surface area contributed by atoms with Crippen molar-refractivity contribution in [2.45, 2.75) is 6.42 Å². The molecule has 0 aliphatic carbocycles. The van der Waals surface area contributed by atoms with Gasteiger partial charge in [-0.1, -0.05) is 60.1 Å². The number of nitrogens with one attached hydrogen (secondary N) is 1. The minimum Gasteiger partial charge on any atom is -0.321 e. The average Bonchev–Trinajstić information content (AvgIpc) is 2.74. The van der Waals surface area contributed by atoms with Gasteiger partial charge in [-0.25, -0.2) is 0 Å². The fraction of sp³-hybridized carbons (Fsp3) is 0.0435. The number of carbonyl (C=O) groups is 1. The maximum absolute atomic E-state index is 12.6. The van der Waals surface area contributed by atoms with Crippen molar-refractivity contribution in [3.05, 3.63) is 110 Å². The molecule has 7 heteroatoms. The quantitative estimate of drug-likeness (QED) is 0.252. The first-order valence-electron chi connectivity index (χ1n) is 8.97. The summed E-state index contributed by atoms with van der Waals surface area (Å²) in [6.45, 7) is 0. The summed E-state index contributed by atoms with van der Waals surface area (Å²) in [5.74, 6) is -0.648. The lowest BCUT2D eigenvalue weighted by Crippen LogP contribution is -2.13. The maximum Gasteiger partial charge on any atom is 0.271 e. The van der Waals surface area contributed by atoms with Gasteiger partial charge in [-0.05, 0) is 41.3 Å². The summed E-state index contributed by atoms with van der Waals surface area (Å²) in [5, 5.41) is 23.6. The first kappa shape index (κ1) is 20.8. The molecule has 0 aliphatic rings. The predicted octanol–water partition coefficient (Wildman–Crippen LogP) is 5.38. The third-order valence-electron chi connectivity index (χ3n) is 4.37. The maximum atomic E-state index is 12.6. The number of benzene rings is 3. The van der Waals surface area contributed by atoms with Crippen LogP contribution in [-0.4, -0.2) is 10.8 Å². The second-order valence-electron chi connectivity index (χ2n) is 6.40. The van der Waals surface area contributed by atoms with Crippen LogP contribution in [0.2, 0.25) is 5.02 Å². The van der Waals surface area contributed by atoms with Gasteiger partial charge in [0, 0.05) is 22.8 Å². The first-order valence-corrected chi connectivity index (χ1v) is 9.34. The Kier molecular flexibility index (Phi) is 6.58. The van der Waals surface area contributed by atoms with Gasteiger partial charge in [-0.15, -0.1) is 0 Å². The summed E-state index contributed by atoms with van der Waals surface area (Å²) >= 11 is 6.26. The van der Waals surface area contributed by atoms with Crippen molar-refractivity contribution in [2.24, 2.45) is 0 Å². The Hall–Kier alpha value is -3.95. The standard InChI is InChI=1S/C23H16ClN3O3/c24-22-11-4-3-8-18(22)12-16-6-1-2-7-17(16)13-19(15-25)23(28)26-20-9-5-10-21(14-20)27(29)30/h1-11,13-14H,12H2,(H,26,28)/b19-13+. The van der Waals surface area contributed by atoms with Crippen LogP contribution in [0.25, 0.3) is 6.08 Å². The van der Waals surface area contributed by atoms with E-state index in [1.165, 1.54) is 30.3 Å². The topological polar surface area (TPSA) is 96.0 Å². The number of nitro groups is 1. The lowest BCUT2D eigenvalue weighted by molar-refractivity contribution is -0.384. The molecule has 0 atom stereocenters. The molecule has 0 aliphatic heterocycles. The van der Waals surface area contributed by atoms with Gasteiger partial charge in [0.2, 0.25) is 0 Å². The van der Waals surface area contributed by atoms with Gasteiger partial charge in [-0.3, -0.25) is 14.9 Å². The van der Waals surface area contributed by atoms with E-state index in [0.29, 0.717) is 17.0 Å². The predicted molar refractivity (Wildman–Crippen MR) is 116 cm³/mol. The molecule has 1 amide bonds. The van der Waals surface area contributed by atoms with Crippen molar-refractivity contribution >= 4 is 35.0 Å². The molecule has 0 aromatic heterocycles. The molecule has 148 valence electrons. The van der Waals surface area contributed by atoms with Crippen LogP contribution in [-0.2, 0) is 11.2 Å². The Morgan fingerprint density at radius 2 is 1.77 bits per heavy atom. The highest BCUT2D eigenvalue weighted by Crippen LogP contribution is 2.23. The zero-order valence-electron chi connectivity index (χ0n) is 15.7. The highest BCUT2D eigenvalue weighted by atomic mass is 35.5. The molecule has 0 spiro atoms. The number of rotatable bonds is 6. The summed E-state index contributed by atoms with van der Waals surface area (Å²) in [6.07, 6.45) is 2.04. The van der Waals surface area contributed by atoms with Gasteiger partial charge in [0.15, 0.2) is 0 Å². The summed E-state index contributed by atoms with van der Waals surface area (Å²) < 4.78 is 0. The fourth-order valence-electron chi connectivity index (χ4n) is 2.88. The van der Waals surface area contributed by atoms with Gasteiger partial charge in [0.05, 0.1) is 4.92 Å². The Morgan fingerprint density at radius 1 is 1.07 bits per heavy atom. The van der Waals surface area contributed by atoms with E-state index in [0.717, 1.165) is 11.1 Å². The number of halogens is 1. The van der Waals surface area contributed by atoms with Crippen LogP contribution in [0.1, 0.15) is 16.7 Å². The average molecular weight is 418 g/mol. The van der Waals surface area contributed by atoms with E-state index in [1.807, 2.05) is 54.6 Å². The van der Waals surface area contributed by atoms with E-state index in [9.17, 15) is 20.2 Å². The van der Waals surface area contributed by atoms with E-state index >= 15 is 0 Å². The lowest BCUT2D eigenvalue weighted by atomic mass is 9.98. The van der Waals surface area contributed by atoms with Crippen molar-refractivity contribution in [2.75, 3.05) is 5.32 Å². The normalized spacial score (nSPS) is 10.9. The Morgan fingerprint density at radius 3 is 2.47 bits per heavy atom. The molecular weight excluding hydrogens is 402 g/mol. The smallest absolute Gasteiger partial charge is 0.271 e. The monoisotopic (exact) mass is 417 g/mol. The molecule has 0 radical (unpaired) electrons. The third-order valence-corrected chi connectivity index (χ3v) is 4.74. The van der Waals surface area contributed by atoms with Gasteiger partial charge >= 0.3 is 0 Å². The minimum atomic E-state index is -0.648. The Labute approximate surface area is 178 Å². The third kappa shape index (κ3) is 5.10. The number of hydrogen-bond acceptors (Lipinski definition) is 4. The first-order chi connectivity index (χ1) is 14.5. The number of nitriles is 1. The molecule has 0 bridgehead atoms. The zero-order valence-corrected chi connectivity index (χ0v) is 16.5. The van der Waals surface area contributed by atoms with Gasteiger partial charge in [-0.2, -0.15) is 5.26 Å². The Bertz CT molecular complexity index is 1180. The summed E-state index contributed by atoms with van der Waals surface area (Å²) in [7, 11) is 0. The lowest BCUT2D eigenvalue weighted by Gasteiger charge is -2.09. The van der Waals surface area contributed by atoms with Crippen LogP contribution >= 0.6 is 11.6 Å². The number of hydrogen-bond donors (Lipinski definition) is 1. The van der Waals surface area contributed by atoms with Crippen molar-refractivity contribution in [1.29, 1.82) is 5.26 Å². The van der Waals surface area contributed by atoms with Crippen LogP contribution < -0.4 is 5.32 Å². The van der Waals surface area contributed by atoms with E-state index in [-0.39, 0.29) is 16.9 Å². The van der Waals surface area contributed by atoms with E-state index in [2.05, 4.69) is 5.32 Å². The van der Waals surface area contributed by atoms with Gasteiger partial charge < -0.3 is 5.32 Å². The molecule has 0 heterocycles. The number of amides is 1. The number of carbonyl (C=O) groups excluding carboxylic acids is 1. The molecule has 30 heavy (non-hydrogen) atoms. The van der Waals surface area contributed by atoms with Crippen molar-refractivity contribution in [3.63, 3.8) is 0 Å². The van der Waals surface area contributed by atoms with Crippen LogP contribution in [0.3, 0.4) is 0 Å². The van der Waals surface area contributed by atoms with Crippen LogP contribution in [0, 0.1) is 21.4 Å². The van der Waals surface area contributed by atoms with E-state index in [4.69, 9.17) is 11.6 Å². The molecule has 0 unspecified atom stereocenters. The molecular formula is C23H16ClN3O3. The molecule has 0 fully saturated rings. The van der Waals surface area contributed by atoms with E-state index < -0.39 is 10.8 Å². The SMILES string of the molecule is N#C/C(=C\c1ccccc1Cc1ccccc1Cl)C(=O)Nc1cccc([N+](=O)[O-])c1. The van der Waals surface area contributed by atoms with E-state index in [1.54, 1.807) is 0 Å². The van der Waals surface area contributed by atoms with Crippen molar-refractivity contribution in [1.82, 2.24) is 0 Å². The van der Waals surface area contributed by atoms with Crippen LogP contribution in [0.4, 0.5) is 11.4 Å². The molecule has 0 saturated heterocycles. The van der Waals surface area contributed by atoms with Crippen LogP contribution in [0.15, 0.2) is 78.4 Å². The van der Waals surface area contributed by atoms with Crippen LogP contribution in [0.5, 0.6) is 0 Å². The largest absolute Gasteiger partial charge is 0.321 e. The summed E-state index contributed by atoms with van der Waals surface area (Å²) in [5.41, 5.74) is 2.51. The number of non-ortho nitro benzene ring substituents is 1. The second-order valence-corrected chi connectivity index (χ2v) is 6.81. The second kappa shape index (κ2) is 9.50. The fourth-order valence-corrected chi connectivity index (χ4v) is 3.09. The molecule has 3 aromatic carbocycles. The molecule has 1 N–H and O–H groups in total. The zero-order chi connectivity index (χ0) is 21.5. The number of anilines is 1. The summed E-state index contributed by atoms with van der Waals surface area (Å²) in [4.78, 5) is 22.9. The Balaban J connectivity index is 1.87. The highest BCUT2D eigenvalue weighted by molar-refractivity contribution is 6.31. The molecule has 3 aromatic rings. The van der Waals surface area contributed by atoms with Gasteiger partial charge in [0.1, 0.15) is 11.6 Å². The number of nitro benzene ring substituents is 1. The molecule has 3 rings (SSSR count). The molecule has 6 nitrogen and oxygen atoms in total. The van der Waals surface area contributed by atoms with Crippen molar-refractivity contribution in [3.8, 4) is 6.07 Å². The number of nitrogens with zero attached hydrogens (tertiary/aromatic N) is 2. The molecule has 0 saturated carbocycles. The van der Waals surface area contributed by atoms with Gasteiger partial charge in [0.25, 0.3) is 11.6 Å². The highest BCUT2D eigenvalue weighted by Gasteiger charge is 2.13. The summed E-state index contributed by atoms with van der Waals surface area (Å²) in [6, 6.07) is 22.3. The minimum absolute atomic E-state index is 0.117. The van der Waals surface area contributed by atoms with Crippen molar-refractivity contribution < 1.29 is 9.72 Å².